The Morgan fingerprint density at radius 2 is 1.79 bits per heavy atom. The van der Waals surface area contributed by atoms with E-state index in [1.54, 1.807) is 0 Å². The monoisotopic (exact) mass is 266 g/mol. The summed E-state index contributed by atoms with van der Waals surface area (Å²) in [5.74, 6) is -0.302. The highest BCUT2D eigenvalue weighted by molar-refractivity contribution is 5.70. The quantitative estimate of drug-likeness (QED) is 0.698. The molecule has 0 aliphatic rings. The molecule has 0 bridgehead atoms. The lowest BCUT2D eigenvalue weighted by Crippen LogP contribution is -2.09. The molecule has 106 valence electrons. The van der Waals surface area contributed by atoms with Crippen LogP contribution in [0.5, 0.6) is 0 Å². The third-order valence-corrected chi connectivity index (χ3v) is 2.54. The summed E-state index contributed by atoms with van der Waals surface area (Å²) in [6.07, 6.45) is 0.0311. The first-order valence-corrected chi connectivity index (χ1v) is 6.53. The average Bonchev–Trinajstić information content (AvgIpc) is 2.34. The molecule has 0 saturated heterocycles. The van der Waals surface area contributed by atoms with Gasteiger partial charge >= 0.3 is 5.97 Å². The molecule has 1 aromatic carbocycles. The lowest BCUT2D eigenvalue weighted by Gasteiger charge is -2.10. The first-order chi connectivity index (χ1) is 9.09. The molecule has 0 radical (unpaired) electrons. The van der Waals surface area contributed by atoms with Gasteiger partial charge in [0.2, 0.25) is 0 Å². The van der Waals surface area contributed by atoms with E-state index in [-0.39, 0.29) is 6.42 Å². The topological polar surface area (TPSA) is 55.8 Å². The molecule has 4 heteroatoms. The summed E-state index contributed by atoms with van der Waals surface area (Å²) in [7, 11) is 0. The first-order valence-electron chi connectivity index (χ1n) is 6.53. The smallest absolute Gasteiger partial charge is 0.307 e. The van der Waals surface area contributed by atoms with Crippen LogP contribution < -0.4 is 0 Å². The van der Waals surface area contributed by atoms with E-state index in [1.807, 2.05) is 24.3 Å². The van der Waals surface area contributed by atoms with Crippen LogP contribution in [0.3, 0.4) is 0 Å². The number of hydrogen-bond donors (Lipinski definition) is 1. The number of carboxylic acids is 1. The molecule has 0 atom stereocenters. The lowest BCUT2D eigenvalue weighted by molar-refractivity contribution is -0.136. The van der Waals surface area contributed by atoms with E-state index in [2.05, 4.69) is 13.8 Å². The minimum atomic E-state index is -0.826. The zero-order valence-corrected chi connectivity index (χ0v) is 11.6. The van der Waals surface area contributed by atoms with Crippen LogP contribution in [0.1, 0.15) is 25.0 Å². The number of benzene rings is 1. The molecule has 0 saturated carbocycles. The zero-order chi connectivity index (χ0) is 14.1. The van der Waals surface area contributed by atoms with Crippen molar-refractivity contribution in [2.45, 2.75) is 26.9 Å². The minimum absolute atomic E-state index is 0.0311. The molecule has 1 rings (SSSR count). The van der Waals surface area contributed by atoms with Crippen LogP contribution in [0.25, 0.3) is 0 Å². The molecule has 0 spiro atoms. The highest BCUT2D eigenvalue weighted by Gasteiger charge is 2.06. The van der Waals surface area contributed by atoms with Crippen molar-refractivity contribution in [1.29, 1.82) is 0 Å². The van der Waals surface area contributed by atoms with Crippen LogP contribution in [-0.2, 0) is 27.3 Å². The van der Waals surface area contributed by atoms with Gasteiger partial charge in [0, 0.05) is 6.61 Å². The molecule has 4 nitrogen and oxygen atoms in total. The van der Waals surface area contributed by atoms with Gasteiger partial charge in [-0.3, -0.25) is 4.79 Å². The summed E-state index contributed by atoms with van der Waals surface area (Å²) in [5.41, 5.74) is 1.73. The van der Waals surface area contributed by atoms with Gasteiger partial charge in [-0.05, 0) is 17.0 Å². The number of hydrogen-bond acceptors (Lipinski definition) is 3. The number of carboxylic acid groups (broad SMARTS) is 1. The minimum Gasteiger partial charge on any atom is -0.481 e. The van der Waals surface area contributed by atoms with Crippen molar-refractivity contribution in [2.24, 2.45) is 5.92 Å². The molecule has 0 aliphatic carbocycles. The Balaban J connectivity index is 2.30. The number of ether oxygens (including phenoxy) is 2. The zero-order valence-electron chi connectivity index (χ0n) is 11.6. The standard InChI is InChI=1S/C15H22O4/c1-12(2)10-18-7-8-19-11-14-6-4-3-5-13(14)9-15(16)17/h3-6,12H,7-11H2,1-2H3,(H,16,17). The molecule has 0 heterocycles. The summed E-state index contributed by atoms with van der Waals surface area (Å²) in [4.78, 5) is 10.7. The van der Waals surface area contributed by atoms with E-state index in [9.17, 15) is 4.79 Å². The van der Waals surface area contributed by atoms with Crippen molar-refractivity contribution in [3.63, 3.8) is 0 Å². The highest BCUT2D eigenvalue weighted by Crippen LogP contribution is 2.11. The van der Waals surface area contributed by atoms with Crippen molar-refractivity contribution in [3.8, 4) is 0 Å². The fourth-order valence-corrected chi connectivity index (χ4v) is 1.65. The average molecular weight is 266 g/mol. The normalized spacial score (nSPS) is 10.9. The molecule has 0 aliphatic heterocycles. The Hall–Kier alpha value is -1.39. The Labute approximate surface area is 114 Å². The van der Waals surface area contributed by atoms with Crippen LogP contribution in [0.15, 0.2) is 24.3 Å². The second-order valence-electron chi connectivity index (χ2n) is 4.86. The molecular formula is C15H22O4. The Morgan fingerprint density at radius 3 is 2.42 bits per heavy atom. The molecule has 1 N–H and O–H groups in total. The molecule has 0 aromatic heterocycles. The van der Waals surface area contributed by atoms with Gasteiger partial charge < -0.3 is 14.6 Å². The number of aliphatic carboxylic acids is 1. The largest absolute Gasteiger partial charge is 0.481 e. The summed E-state index contributed by atoms with van der Waals surface area (Å²) < 4.78 is 10.9. The second-order valence-corrected chi connectivity index (χ2v) is 4.86. The highest BCUT2D eigenvalue weighted by atomic mass is 16.5. The Kier molecular flexibility index (Phi) is 7.15. The maximum absolute atomic E-state index is 10.7. The summed E-state index contributed by atoms with van der Waals surface area (Å²) in [6, 6.07) is 7.45. The SMILES string of the molecule is CC(C)COCCOCc1ccccc1CC(=O)O. The third-order valence-electron chi connectivity index (χ3n) is 2.54. The maximum Gasteiger partial charge on any atom is 0.307 e. The van der Waals surface area contributed by atoms with Crippen LogP contribution in [0.4, 0.5) is 0 Å². The molecule has 1 aromatic rings. The van der Waals surface area contributed by atoms with Gasteiger partial charge in [-0.15, -0.1) is 0 Å². The fourth-order valence-electron chi connectivity index (χ4n) is 1.65. The molecule has 0 fully saturated rings. The second kappa shape index (κ2) is 8.67. The Bertz CT molecular complexity index is 387. The molecule has 0 unspecified atom stereocenters. The van der Waals surface area contributed by atoms with Crippen LogP contribution in [0, 0.1) is 5.92 Å². The van der Waals surface area contributed by atoms with Crippen LogP contribution in [0.2, 0.25) is 0 Å². The fraction of sp³-hybridized carbons (Fsp3) is 0.533. The van der Waals surface area contributed by atoms with Gasteiger partial charge in [-0.1, -0.05) is 38.1 Å². The van der Waals surface area contributed by atoms with E-state index >= 15 is 0 Å². The summed E-state index contributed by atoms with van der Waals surface area (Å²) in [6.45, 7) is 6.45. The van der Waals surface area contributed by atoms with Crippen molar-refractivity contribution in [1.82, 2.24) is 0 Å². The molecular weight excluding hydrogens is 244 g/mol. The number of carbonyl (C=O) groups is 1. The van der Waals surface area contributed by atoms with Gasteiger partial charge in [0.15, 0.2) is 0 Å². The van der Waals surface area contributed by atoms with E-state index in [0.29, 0.717) is 25.7 Å². The van der Waals surface area contributed by atoms with Crippen molar-refractivity contribution >= 4 is 5.97 Å². The van der Waals surface area contributed by atoms with Gasteiger partial charge in [0.1, 0.15) is 0 Å². The number of rotatable bonds is 9. The predicted octanol–water partition coefficient (Wildman–Crippen LogP) is 2.50. The van der Waals surface area contributed by atoms with Gasteiger partial charge in [0.05, 0.1) is 26.2 Å². The van der Waals surface area contributed by atoms with Crippen LogP contribution in [-0.4, -0.2) is 30.9 Å². The Morgan fingerprint density at radius 1 is 1.16 bits per heavy atom. The van der Waals surface area contributed by atoms with Crippen molar-refractivity contribution in [3.05, 3.63) is 35.4 Å². The third kappa shape index (κ3) is 6.94. The van der Waals surface area contributed by atoms with Gasteiger partial charge in [-0.2, -0.15) is 0 Å². The lowest BCUT2D eigenvalue weighted by atomic mass is 10.1. The van der Waals surface area contributed by atoms with Gasteiger partial charge in [0.25, 0.3) is 0 Å². The van der Waals surface area contributed by atoms with Crippen molar-refractivity contribution < 1.29 is 19.4 Å². The summed E-state index contributed by atoms with van der Waals surface area (Å²) >= 11 is 0. The first kappa shape index (κ1) is 15.7. The van der Waals surface area contributed by atoms with E-state index in [0.717, 1.165) is 17.7 Å². The maximum atomic E-state index is 10.7. The predicted molar refractivity (Wildman–Crippen MR) is 73.1 cm³/mol. The van der Waals surface area contributed by atoms with E-state index < -0.39 is 5.97 Å². The van der Waals surface area contributed by atoms with E-state index in [1.165, 1.54) is 0 Å². The van der Waals surface area contributed by atoms with Crippen molar-refractivity contribution in [2.75, 3.05) is 19.8 Å². The molecule has 19 heavy (non-hydrogen) atoms. The summed E-state index contributed by atoms with van der Waals surface area (Å²) in [5, 5.41) is 8.82. The van der Waals surface area contributed by atoms with Gasteiger partial charge in [-0.25, -0.2) is 0 Å². The van der Waals surface area contributed by atoms with E-state index in [4.69, 9.17) is 14.6 Å². The van der Waals surface area contributed by atoms with Crippen LogP contribution >= 0.6 is 0 Å². The molecule has 0 amide bonds.